The second-order valence-corrected chi connectivity index (χ2v) is 6.33. The van der Waals surface area contributed by atoms with Gasteiger partial charge in [0.15, 0.2) is 0 Å². The fraction of sp³-hybridized carbons (Fsp3) is 0.625. The molecule has 2 heterocycles. The lowest BCUT2D eigenvalue weighted by Crippen LogP contribution is -2.52. The van der Waals surface area contributed by atoms with Gasteiger partial charge < -0.3 is 5.32 Å². The summed E-state index contributed by atoms with van der Waals surface area (Å²) < 4.78 is 0. The molecule has 0 radical (unpaired) electrons. The van der Waals surface area contributed by atoms with Crippen molar-refractivity contribution >= 4 is 0 Å². The van der Waals surface area contributed by atoms with Gasteiger partial charge in [-0.15, -0.1) is 0 Å². The van der Waals surface area contributed by atoms with Crippen molar-refractivity contribution in [2.24, 2.45) is 5.41 Å². The molecule has 18 heavy (non-hydrogen) atoms. The molecule has 2 saturated heterocycles. The van der Waals surface area contributed by atoms with E-state index in [4.69, 9.17) is 0 Å². The molecule has 1 aromatic carbocycles. The van der Waals surface area contributed by atoms with Gasteiger partial charge in [0.05, 0.1) is 0 Å². The SMILES string of the molecule is CC1NCC2(C)CCCN(Cc3ccccc3)C12. The Morgan fingerprint density at radius 3 is 2.89 bits per heavy atom. The molecule has 2 heteroatoms. The number of hydrogen-bond acceptors (Lipinski definition) is 2. The molecule has 2 aliphatic rings. The highest BCUT2D eigenvalue weighted by atomic mass is 15.2. The van der Waals surface area contributed by atoms with E-state index in [1.807, 2.05) is 0 Å². The van der Waals surface area contributed by atoms with Crippen molar-refractivity contribution in [3.05, 3.63) is 35.9 Å². The minimum atomic E-state index is 0.479. The zero-order chi connectivity index (χ0) is 12.6. The molecule has 0 aliphatic carbocycles. The number of benzene rings is 1. The summed E-state index contributed by atoms with van der Waals surface area (Å²) in [6, 6.07) is 12.2. The number of rotatable bonds is 2. The van der Waals surface area contributed by atoms with Crippen LogP contribution in [0, 0.1) is 5.41 Å². The van der Waals surface area contributed by atoms with Crippen LogP contribution in [-0.2, 0) is 6.54 Å². The van der Waals surface area contributed by atoms with E-state index in [2.05, 4.69) is 54.4 Å². The van der Waals surface area contributed by atoms with Crippen molar-refractivity contribution in [2.75, 3.05) is 13.1 Å². The van der Waals surface area contributed by atoms with Gasteiger partial charge >= 0.3 is 0 Å². The summed E-state index contributed by atoms with van der Waals surface area (Å²) in [5.41, 5.74) is 1.92. The smallest absolute Gasteiger partial charge is 0.0316 e. The molecule has 3 atom stereocenters. The van der Waals surface area contributed by atoms with E-state index in [9.17, 15) is 0 Å². The van der Waals surface area contributed by atoms with Crippen LogP contribution in [0.25, 0.3) is 0 Å². The molecule has 0 aromatic heterocycles. The Morgan fingerprint density at radius 2 is 2.11 bits per heavy atom. The molecule has 0 amide bonds. The summed E-state index contributed by atoms with van der Waals surface area (Å²) >= 11 is 0. The maximum Gasteiger partial charge on any atom is 0.0316 e. The van der Waals surface area contributed by atoms with E-state index in [0.29, 0.717) is 17.5 Å². The Morgan fingerprint density at radius 1 is 1.33 bits per heavy atom. The van der Waals surface area contributed by atoms with Gasteiger partial charge in [0, 0.05) is 25.2 Å². The Hall–Kier alpha value is -0.860. The molecule has 1 N–H and O–H groups in total. The van der Waals surface area contributed by atoms with E-state index in [1.165, 1.54) is 31.5 Å². The van der Waals surface area contributed by atoms with E-state index < -0.39 is 0 Å². The standard InChI is InChI=1S/C16H24N2/c1-13-15-16(2,12-17-13)9-6-10-18(15)11-14-7-4-3-5-8-14/h3-5,7-8,13,15,17H,6,9-12H2,1-2H3. The van der Waals surface area contributed by atoms with Gasteiger partial charge in [0.2, 0.25) is 0 Å². The first kappa shape index (κ1) is 12.2. The fourth-order valence-electron chi connectivity index (χ4n) is 4.03. The highest BCUT2D eigenvalue weighted by Gasteiger charge is 2.47. The molecule has 0 saturated carbocycles. The number of likely N-dealkylation sites (tertiary alicyclic amines) is 1. The zero-order valence-electron chi connectivity index (χ0n) is 11.5. The first-order valence-electron chi connectivity index (χ1n) is 7.20. The predicted molar refractivity (Wildman–Crippen MR) is 75.4 cm³/mol. The van der Waals surface area contributed by atoms with E-state index >= 15 is 0 Å². The highest BCUT2D eigenvalue weighted by molar-refractivity contribution is 5.16. The van der Waals surface area contributed by atoms with Crippen LogP contribution in [0.2, 0.25) is 0 Å². The maximum atomic E-state index is 3.68. The first-order chi connectivity index (χ1) is 8.69. The summed E-state index contributed by atoms with van der Waals surface area (Å²) in [4.78, 5) is 2.70. The van der Waals surface area contributed by atoms with Crippen molar-refractivity contribution in [3.8, 4) is 0 Å². The number of nitrogens with zero attached hydrogens (tertiary/aromatic N) is 1. The summed E-state index contributed by atoms with van der Waals surface area (Å²) in [6.45, 7) is 8.35. The third kappa shape index (κ3) is 2.08. The number of hydrogen-bond donors (Lipinski definition) is 1. The third-order valence-corrected chi connectivity index (χ3v) is 4.83. The Kier molecular flexibility index (Phi) is 3.16. The van der Waals surface area contributed by atoms with Crippen LogP contribution in [0.4, 0.5) is 0 Å². The Balaban J connectivity index is 1.79. The van der Waals surface area contributed by atoms with Gasteiger partial charge in [-0.2, -0.15) is 0 Å². The zero-order valence-corrected chi connectivity index (χ0v) is 11.5. The van der Waals surface area contributed by atoms with Crippen LogP contribution in [0.5, 0.6) is 0 Å². The summed E-state index contributed by atoms with van der Waals surface area (Å²) in [7, 11) is 0. The molecular formula is C16H24N2. The van der Waals surface area contributed by atoms with Crippen LogP contribution in [0.15, 0.2) is 30.3 Å². The molecule has 2 nitrogen and oxygen atoms in total. The number of piperidine rings is 1. The van der Waals surface area contributed by atoms with Crippen LogP contribution in [-0.4, -0.2) is 30.1 Å². The molecular weight excluding hydrogens is 220 g/mol. The second kappa shape index (κ2) is 4.67. The largest absolute Gasteiger partial charge is 0.312 e. The van der Waals surface area contributed by atoms with Crippen molar-refractivity contribution in [1.29, 1.82) is 0 Å². The Labute approximate surface area is 110 Å². The second-order valence-electron chi connectivity index (χ2n) is 6.33. The average molecular weight is 244 g/mol. The monoisotopic (exact) mass is 244 g/mol. The third-order valence-electron chi connectivity index (χ3n) is 4.83. The van der Waals surface area contributed by atoms with Gasteiger partial charge in [-0.05, 0) is 37.3 Å². The quantitative estimate of drug-likeness (QED) is 0.860. The summed E-state index contributed by atoms with van der Waals surface area (Å²) in [5, 5.41) is 3.68. The Bertz CT molecular complexity index is 399. The molecule has 3 unspecified atom stereocenters. The molecule has 98 valence electrons. The van der Waals surface area contributed by atoms with Crippen molar-refractivity contribution in [3.63, 3.8) is 0 Å². The molecule has 2 aliphatic heterocycles. The maximum absolute atomic E-state index is 3.68. The first-order valence-corrected chi connectivity index (χ1v) is 7.20. The number of fused-ring (bicyclic) bond motifs is 1. The van der Waals surface area contributed by atoms with Crippen LogP contribution < -0.4 is 5.32 Å². The lowest BCUT2D eigenvalue weighted by Gasteiger charge is -2.45. The summed E-state index contributed by atoms with van der Waals surface area (Å²) in [6.07, 6.45) is 2.72. The van der Waals surface area contributed by atoms with Gasteiger partial charge in [-0.3, -0.25) is 4.90 Å². The summed E-state index contributed by atoms with van der Waals surface area (Å²) in [5.74, 6) is 0. The number of nitrogens with one attached hydrogen (secondary N) is 1. The highest BCUT2D eigenvalue weighted by Crippen LogP contribution is 2.41. The minimum absolute atomic E-state index is 0.479. The van der Waals surface area contributed by atoms with Crippen LogP contribution in [0.3, 0.4) is 0 Å². The van der Waals surface area contributed by atoms with Crippen LogP contribution in [0.1, 0.15) is 32.3 Å². The fourth-order valence-corrected chi connectivity index (χ4v) is 4.03. The molecule has 0 bridgehead atoms. The predicted octanol–water partition coefficient (Wildman–Crippen LogP) is 2.65. The lowest BCUT2D eigenvalue weighted by molar-refractivity contribution is 0.0440. The normalized spacial score (nSPS) is 36.6. The lowest BCUT2D eigenvalue weighted by atomic mass is 9.75. The topological polar surface area (TPSA) is 15.3 Å². The van der Waals surface area contributed by atoms with Gasteiger partial charge in [-0.1, -0.05) is 37.3 Å². The van der Waals surface area contributed by atoms with Gasteiger partial charge in [0.25, 0.3) is 0 Å². The van der Waals surface area contributed by atoms with Gasteiger partial charge in [0.1, 0.15) is 0 Å². The minimum Gasteiger partial charge on any atom is -0.312 e. The van der Waals surface area contributed by atoms with Gasteiger partial charge in [-0.25, -0.2) is 0 Å². The van der Waals surface area contributed by atoms with E-state index in [-0.39, 0.29) is 0 Å². The van der Waals surface area contributed by atoms with Crippen molar-refractivity contribution < 1.29 is 0 Å². The average Bonchev–Trinajstić information content (AvgIpc) is 2.68. The van der Waals surface area contributed by atoms with Crippen LogP contribution >= 0.6 is 0 Å². The van der Waals surface area contributed by atoms with Crippen molar-refractivity contribution in [2.45, 2.75) is 45.3 Å². The molecule has 3 rings (SSSR count). The van der Waals surface area contributed by atoms with Crippen molar-refractivity contribution in [1.82, 2.24) is 10.2 Å². The molecule has 1 aromatic rings. The molecule has 0 spiro atoms. The molecule has 2 fully saturated rings. The van der Waals surface area contributed by atoms with E-state index in [0.717, 1.165) is 6.54 Å². The van der Waals surface area contributed by atoms with E-state index in [1.54, 1.807) is 0 Å².